The average molecular weight is 296 g/mol. The third-order valence-electron chi connectivity index (χ3n) is 5.16. The van der Waals surface area contributed by atoms with E-state index in [1.165, 1.54) is 6.42 Å². The smallest absolute Gasteiger partial charge is 0.127 e. The molecule has 1 saturated carbocycles. The van der Waals surface area contributed by atoms with Crippen LogP contribution in [0.1, 0.15) is 48.0 Å². The van der Waals surface area contributed by atoms with E-state index in [1.54, 1.807) is 12.1 Å². The largest absolute Gasteiger partial charge is 0.508 e. The molecule has 0 aromatic heterocycles. The van der Waals surface area contributed by atoms with Crippen LogP contribution in [0.15, 0.2) is 36.4 Å². The maximum atomic E-state index is 10.0. The number of fused-ring (bicyclic) bond motifs is 3. The van der Waals surface area contributed by atoms with E-state index in [1.807, 2.05) is 31.2 Å². The van der Waals surface area contributed by atoms with Gasteiger partial charge in [-0.1, -0.05) is 18.6 Å². The van der Waals surface area contributed by atoms with Crippen LogP contribution in [0.5, 0.6) is 17.2 Å². The van der Waals surface area contributed by atoms with Gasteiger partial charge in [-0.2, -0.15) is 0 Å². The van der Waals surface area contributed by atoms with Crippen LogP contribution in [0.25, 0.3) is 0 Å². The van der Waals surface area contributed by atoms with Crippen molar-refractivity contribution in [3.8, 4) is 17.2 Å². The molecule has 114 valence electrons. The van der Waals surface area contributed by atoms with Gasteiger partial charge in [-0.25, -0.2) is 0 Å². The summed E-state index contributed by atoms with van der Waals surface area (Å²) in [5.41, 5.74) is 3.12. The molecule has 3 nitrogen and oxygen atoms in total. The second kappa shape index (κ2) is 4.94. The number of hydrogen-bond acceptors (Lipinski definition) is 3. The Morgan fingerprint density at radius 3 is 2.59 bits per heavy atom. The molecule has 1 aliphatic carbocycles. The first-order valence-electron chi connectivity index (χ1n) is 7.92. The molecular weight excluding hydrogens is 276 g/mol. The molecule has 2 aromatic rings. The van der Waals surface area contributed by atoms with Crippen LogP contribution in [0.4, 0.5) is 0 Å². The van der Waals surface area contributed by atoms with Gasteiger partial charge in [0, 0.05) is 11.5 Å². The number of aromatic hydroxyl groups is 2. The lowest BCUT2D eigenvalue weighted by atomic mass is 9.79. The van der Waals surface area contributed by atoms with E-state index < -0.39 is 0 Å². The Kier molecular flexibility index (Phi) is 3.03. The van der Waals surface area contributed by atoms with Crippen LogP contribution in [-0.4, -0.2) is 10.2 Å². The molecule has 0 radical (unpaired) electrons. The molecule has 1 aliphatic heterocycles. The first-order chi connectivity index (χ1) is 10.6. The zero-order valence-electron chi connectivity index (χ0n) is 12.6. The molecule has 3 heteroatoms. The third kappa shape index (κ3) is 2.04. The molecule has 1 fully saturated rings. The van der Waals surface area contributed by atoms with E-state index in [0.29, 0.717) is 17.6 Å². The molecule has 2 aliphatic rings. The highest BCUT2D eigenvalue weighted by Crippen LogP contribution is 2.54. The van der Waals surface area contributed by atoms with E-state index in [0.717, 1.165) is 35.3 Å². The van der Waals surface area contributed by atoms with Crippen molar-refractivity contribution in [3.05, 3.63) is 53.1 Å². The number of phenols is 2. The monoisotopic (exact) mass is 296 g/mol. The number of phenolic OH excluding ortho intramolecular Hbond substituents is 2. The predicted octanol–water partition coefficient (Wildman–Crippen LogP) is 4.42. The lowest BCUT2D eigenvalue weighted by Crippen LogP contribution is -2.26. The van der Waals surface area contributed by atoms with Crippen molar-refractivity contribution in [2.24, 2.45) is 5.92 Å². The summed E-state index contributed by atoms with van der Waals surface area (Å²) in [7, 11) is 0. The maximum absolute atomic E-state index is 10.0. The number of benzene rings is 2. The minimum absolute atomic E-state index is 0.0320. The number of ether oxygens (including phenoxy) is 1. The quantitative estimate of drug-likeness (QED) is 0.818. The SMILES string of the molecule is Cc1cc2c(cc1O)[C@H]1CCC[C@H]1[C@@H](c1ccc(O)cc1)O2. The maximum Gasteiger partial charge on any atom is 0.127 e. The molecule has 1 heterocycles. The fourth-order valence-corrected chi connectivity index (χ4v) is 4.02. The summed E-state index contributed by atoms with van der Waals surface area (Å²) < 4.78 is 6.31. The number of rotatable bonds is 1. The summed E-state index contributed by atoms with van der Waals surface area (Å²) in [5, 5.41) is 19.5. The van der Waals surface area contributed by atoms with Crippen molar-refractivity contribution in [1.82, 2.24) is 0 Å². The van der Waals surface area contributed by atoms with E-state index in [2.05, 4.69) is 0 Å². The Morgan fingerprint density at radius 1 is 1.05 bits per heavy atom. The lowest BCUT2D eigenvalue weighted by Gasteiger charge is -2.36. The van der Waals surface area contributed by atoms with Crippen LogP contribution in [-0.2, 0) is 0 Å². The van der Waals surface area contributed by atoms with Crippen LogP contribution in [0.3, 0.4) is 0 Å². The minimum Gasteiger partial charge on any atom is -0.508 e. The molecule has 0 amide bonds. The number of hydrogen-bond donors (Lipinski definition) is 2. The summed E-state index contributed by atoms with van der Waals surface area (Å²) in [5.74, 6) is 2.43. The van der Waals surface area contributed by atoms with Crippen LogP contribution in [0, 0.1) is 12.8 Å². The number of aryl methyl sites for hydroxylation is 1. The summed E-state index contributed by atoms with van der Waals surface area (Å²) in [6.07, 6.45) is 3.52. The zero-order valence-corrected chi connectivity index (χ0v) is 12.6. The molecule has 2 aromatic carbocycles. The minimum atomic E-state index is 0.0320. The fraction of sp³-hybridized carbons (Fsp3) is 0.368. The van der Waals surface area contributed by atoms with Crippen LogP contribution in [0.2, 0.25) is 0 Å². The van der Waals surface area contributed by atoms with Crippen molar-refractivity contribution < 1.29 is 14.9 Å². The second-order valence-electron chi connectivity index (χ2n) is 6.51. The molecular formula is C19H20O3. The predicted molar refractivity (Wildman–Crippen MR) is 84.4 cm³/mol. The summed E-state index contributed by atoms with van der Waals surface area (Å²) in [4.78, 5) is 0. The van der Waals surface area contributed by atoms with Gasteiger partial charge in [0.05, 0.1) is 0 Å². The van der Waals surface area contributed by atoms with Crippen molar-refractivity contribution in [2.45, 2.75) is 38.2 Å². The topological polar surface area (TPSA) is 49.7 Å². The fourth-order valence-electron chi connectivity index (χ4n) is 4.02. The van der Waals surface area contributed by atoms with Crippen molar-refractivity contribution in [3.63, 3.8) is 0 Å². The molecule has 3 atom stereocenters. The molecule has 0 bridgehead atoms. The van der Waals surface area contributed by atoms with Gasteiger partial charge in [-0.15, -0.1) is 0 Å². The Labute approximate surface area is 130 Å². The van der Waals surface area contributed by atoms with Gasteiger partial charge in [0.15, 0.2) is 0 Å². The van der Waals surface area contributed by atoms with Crippen LogP contribution < -0.4 is 4.74 Å². The highest BCUT2D eigenvalue weighted by Gasteiger charge is 2.42. The van der Waals surface area contributed by atoms with Gasteiger partial charge >= 0.3 is 0 Å². The highest BCUT2D eigenvalue weighted by atomic mass is 16.5. The zero-order chi connectivity index (χ0) is 15.3. The third-order valence-corrected chi connectivity index (χ3v) is 5.16. The highest BCUT2D eigenvalue weighted by molar-refractivity contribution is 5.49. The van der Waals surface area contributed by atoms with Gasteiger partial charge < -0.3 is 14.9 Å². The van der Waals surface area contributed by atoms with E-state index in [9.17, 15) is 10.2 Å². The molecule has 22 heavy (non-hydrogen) atoms. The standard InChI is InChI=1S/C19H20O3/c1-11-9-18-16(10-17(11)21)14-3-2-4-15(14)19(22-18)12-5-7-13(20)8-6-12/h5-10,14-15,19-21H,2-4H2,1H3/t14-,15+,19+/m0/s1. The molecule has 4 rings (SSSR count). The summed E-state index contributed by atoms with van der Waals surface area (Å²) in [6, 6.07) is 11.2. The van der Waals surface area contributed by atoms with E-state index >= 15 is 0 Å². The van der Waals surface area contributed by atoms with Crippen LogP contribution >= 0.6 is 0 Å². The van der Waals surface area contributed by atoms with Gasteiger partial charge in [0.25, 0.3) is 0 Å². The molecule has 0 saturated heterocycles. The Bertz CT molecular complexity index is 705. The Balaban J connectivity index is 1.79. The van der Waals surface area contributed by atoms with Crippen molar-refractivity contribution in [1.29, 1.82) is 0 Å². The van der Waals surface area contributed by atoms with Crippen molar-refractivity contribution >= 4 is 0 Å². The van der Waals surface area contributed by atoms with Gasteiger partial charge in [-0.3, -0.25) is 0 Å². The molecule has 2 N–H and O–H groups in total. The Morgan fingerprint density at radius 2 is 1.82 bits per heavy atom. The van der Waals surface area contributed by atoms with Gasteiger partial charge in [0.2, 0.25) is 0 Å². The Hall–Kier alpha value is -2.16. The average Bonchev–Trinajstić information content (AvgIpc) is 2.99. The van der Waals surface area contributed by atoms with E-state index in [-0.39, 0.29) is 11.9 Å². The summed E-state index contributed by atoms with van der Waals surface area (Å²) in [6.45, 7) is 1.90. The van der Waals surface area contributed by atoms with Crippen molar-refractivity contribution in [2.75, 3.05) is 0 Å². The molecule has 0 unspecified atom stereocenters. The lowest BCUT2D eigenvalue weighted by molar-refractivity contribution is 0.104. The summed E-state index contributed by atoms with van der Waals surface area (Å²) >= 11 is 0. The second-order valence-corrected chi connectivity index (χ2v) is 6.51. The molecule has 0 spiro atoms. The van der Waals surface area contributed by atoms with Gasteiger partial charge in [-0.05, 0) is 61.1 Å². The van der Waals surface area contributed by atoms with E-state index in [4.69, 9.17) is 4.74 Å². The normalized spacial score (nSPS) is 26.1. The van der Waals surface area contributed by atoms with Gasteiger partial charge in [0.1, 0.15) is 23.4 Å². The first-order valence-corrected chi connectivity index (χ1v) is 7.92. The first kappa shape index (κ1) is 13.5.